The van der Waals surface area contributed by atoms with Crippen molar-refractivity contribution in [2.24, 2.45) is 5.92 Å². The Bertz CT molecular complexity index is 1640. The number of fused-ring (bicyclic) bond motifs is 3. The monoisotopic (exact) mass is 685 g/mol. The van der Waals surface area contributed by atoms with Crippen LogP contribution in [-0.2, 0) is 36.3 Å². The van der Waals surface area contributed by atoms with Gasteiger partial charge in [0.05, 0.1) is 16.9 Å². The normalized spacial score (nSPS) is 28.8. The van der Waals surface area contributed by atoms with Crippen LogP contribution in [0.1, 0.15) is 62.1 Å². The molecule has 0 radical (unpaired) electrons. The van der Waals surface area contributed by atoms with Gasteiger partial charge in [-0.05, 0) is 87.3 Å². The number of carboxylic acids is 1. The van der Waals surface area contributed by atoms with E-state index in [1.807, 2.05) is 0 Å². The van der Waals surface area contributed by atoms with Gasteiger partial charge in [0.1, 0.15) is 10.6 Å². The third-order valence-corrected chi connectivity index (χ3v) is 12.2. The summed E-state index contributed by atoms with van der Waals surface area (Å²) >= 11 is 0. The number of hydrogen-bond acceptors (Lipinski definition) is 4. The van der Waals surface area contributed by atoms with Crippen LogP contribution in [0.2, 0.25) is 0 Å². The van der Waals surface area contributed by atoms with Gasteiger partial charge in [-0.15, -0.1) is 0 Å². The molecular formula is C30H28F9NO5S. The van der Waals surface area contributed by atoms with E-state index in [2.05, 4.69) is 0 Å². The maximum absolute atomic E-state index is 16.2. The number of amides is 1. The van der Waals surface area contributed by atoms with Gasteiger partial charge >= 0.3 is 24.0 Å². The van der Waals surface area contributed by atoms with Gasteiger partial charge in [0.25, 0.3) is 5.91 Å². The van der Waals surface area contributed by atoms with E-state index in [0.29, 0.717) is 12.1 Å². The van der Waals surface area contributed by atoms with Crippen LogP contribution in [0.4, 0.5) is 39.5 Å². The van der Waals surface area contributed by atoms with Crippen molar-refractivity contribution >= 4 is 21.7 Å². The summed E-state index contributed by atoms with van der Waals surface area (Å²) in [7, 11) is -4.76. The molecule has 6 nitrogen and oxygen atoms in total. The van der Waals surface area contributed by atoms with Crippen LogP contribution in [0.25, 0.3) is 0 Å². The maximum Gasteiger partial charge on any atom is 0.435 e. The molecule has 3 aliphatic rings. The first-order valence-corrected chi connectivity index (χ1v) is 15.8. The Morgan fingerprint density at radius 3 is 2.00 bits per heavy atom. The number of nitrogens with zero attached hydrogens (tertiary/aromatic N) is 1. The molecule has 1 N–H and O–H groups in total. The van der Waals surface area contributed by atoms with Crippen molar-refractivity contribution in [2.75, 3.05) is 0 Å². The molecule has 2 fully saturated rings. The SMILES string of the molecule is C[C@H]1CC2(S(=O)(=O)c3ccc(F)cc3)c3ccc(C(F)(C(F)(F)F)C(F)(F)F)cc3CCC2N1C(=O)C1(F)CCC(C(=O)O)CC1. The van der Waals surface area contributed by atoms with E-state index in [1.165, 1.54) is 6.92 Å². The van der Waals surface area contributed by atoms with E-state index >= 15 is 8.78 Å². The number of aryl methyl sites for hydroxylation is 1. The molecule has 1 aliphatic heterocycles. The van der Waals surface area contributed by atoms with Gasteiger partial charge in [0.2, 0.25) is 0 Å². The van der Waals surface area contributed by atoms with Gasteiger partial charge in [-0.25, -0.2) is 21.6 Å². The lowest BCUT2D eigenvalue weighted by Crippen LogP contribution is -2.57. The van der Waals surface area contributed by atoms with Gasteiger partial charge in [-0.2, -0.15) is 26.3 Å². The number of carboxylic acid groups (broad SMARTS) is 1. The zero-order chi connectivity index (χ0) is 34.3. The smallest absolute Gasteiger partial charge is 0.435 e. The summed E-state index contributed by atoms with van der Waals surface area (Å²) in [6, 6.07) is 2.28. The number of likely N-dealkylation sites (tertiary alicyclic amines) is 1. The summed E-state index contributed by atoms with van der Waals surface area (Å²) in [6.07, 6.45) is -15.3. The fraction of sp³-hybridized carbons (Fsp3) is 0.533. The van der Waals surface area contributed by atoms with Crippen LogP contribution in [0.5, 0.6) is 0 Å². The summed E-state index contributed by atoms with van der Waals surface area (Å²) in [4.78, 5) is 25.8. The molecular weight excluding hydrogens is 657 g/mol. The van der Waals surface area contributed by atoms with Crippen molar-refractivity contribution in [3.05, 3.63) is 65.0 Å². The molecule has 1 saturated heterocycles. The second kappa shape index (κ2) is 10.9. The number of alkyl halides is 8. The number of rotatable bonds is 5. The highest BCUT2D eigenvalue weighted by Crippen LogP contribution is 2.58. The molecule has 5 rings (SSSR count). The molecule has 46 heavy (non-hydrogen) atoms. The Hall–Kier alpha value is -3.30. The number of hydrogen-bond donors (Lipinski definition) is 1. The summed E-state index contributed by atoms with van der Waals surface area (Å²) < 4.78 is 153. The van der Waals surface area contributed by atoms with Crippen molar-refractivity contribution in [2.45, 2.75) is 97.3 Å². The minimum absolute atomic E-state index is 0.168. The predicted molar refractivity (Wildman–Crippen MR) is 143 cm³/mol. The molecule has 2 unspecified atom stereocenters. The molecule has 0 aromatic heterocycles. The summed E-state index contributed by atoms with van der Waals surface area (Å²) in [5.74, 6) is -3.97. The van der Waals surface area contributed by atoms with Crippen LogP contribution in [0.15, 0.2) is 47.4 Å². The van der Waals surface area contributed by atoms with Gasteiger partial charge in [0.15, 0.2) is 15.5 Å². The third kappa shape index (κ3) is 4.88. The Morgan fingerprint density at radius 2 is 1.48 bits per heavy atom. The predicted octanol–water partition coefficient (Wildman–Crippen LogP) is 6.70. The zero-order valence-electron chi connectivity index (χ0n) is 24.1. The van der Waals surface area contributed by atoms with Crippen molar-refractivity contribution in [1.29, 1.82) is 0 Å². The Labute approximate surface area is 257 Å². The highest BCUT2D eigenvalue weighted by atomic mass is 32.2. The van der Waals surface area contributed by atoms with Gasteiger partial charge in [-0.1, -0.05) is 18.2 Å². The second-order valence-corrected chi connectivity index (χ2v) is 14.5. The molecule has 252 valence electrons. The second-order valence-electron chi connectivity index (χ2n) is 12.3. The Morgan fingerprint density at radius 1 is 0.913 bits per heavy atom. The number of halogens is 9. The average molecular weight is 686 g/mol. The summed E-state index contributed by atoms with van der Waals surface area (Å²) in [5, 5.41) is 9.30. The number of aliphatic carboxylic acids is 1. The molecule has 1 amide bonds. The average Bonchev–Trinajstić information content (AvgIpc) is 3.28. The topological polar surface area (TPSA) is 91.8 Å². The molecule has 16 heteroatoms. The van der Waals surface area contributed by atoms with Gasteiger partial charge < -0.3 is 10.0 Å². The van der Waals surface area contributed by atoms with Crippen LogP contribution in [0.3, 0.4) is 0 Å². The zero-order valence-corrected chi connectivity index (χ0v) is 24.9. The number of sulfone groups is 1. The van der Waals surface area contributed by atoms with Gasteiger partial charge in [-0.3, -0.25) is 9.59 Å². The first-order valence-electron chi connectivity index (χ1n) is 14.3. The summed E-state index contributed by atoms with van der Waals surface area (Å²) in [6.45, 7) is 1.42. The lowest BCUT2D eigenvalue weighted by molar-refractivity contribution is -0.348. The minimum atomic E-state index is -6.42. The maximum atomic E-state index is 16.2. The lowest BCUT2D eigenvalue weighted by atomic mass is 9.76. The third-order valence-electron chi connectivity index (χ3n) is 9.72. The minimum Gasteiger partial charge on any atom is -0.481 e. The van der Waals surface area contributed by atoms with E-state index in [1.54, 1.807) is 0 Å². The van der Waals surface area contributed by atoms with Crippen LogP contribution < -0.4 is 0 Å². The number of benzene rings is 2. The van der Waals surface area contributed by atoms with Crippen molar-refractivity contribution in [1.82, 2.24) is 4.90 Å². The fourth-order valence-corrected chi connectivity index (χ4v) is 9.90. The first-order chi connectivity index (χ1) is 21.1. The van der Waals surface area contributed by atoms with E-state index in [-0.39, 0.29) is 36.5 Å². The molecule has 2 aromatic carbocycles. The van der Waals surface area contributed by atoms with Gasteiger partial charge in [0, 0.05) is 11.6 Å². The first kappa shape index (κ1) is 34.0. The molecule has 0 spiro atoms. The van der Waals surface area contributed by atoms with Crippen molar-refractivity contribution in [3.63, 3.8) is 0 Å². The largest absolute Gasteiger partial charge is 0.481 e. The molecule has 3 atom stereocenters. The van der Waals surface area contributed by atoms with Crippen molar-refractivity contribution < 1.29 is 62.6 Å². The van der Waals surface area contributed by atoms with E-state index < -0.39 is 110 Å². The van der Waals surface area contributed by atoms with E-state index in [4.69, 9.17) is 0 Å². The highest BCUT2D eigenvalue weighted by molar-refractivity contribution is 7.92. The molecule has 2 aromatic rings. The highest BCUT2D eigenvalue weighted by Gasteiger charge is 2.74. The Kier molecular flexibility index (Phi) is 8.05. The standard InChI is InChI=1S/C30H28F9NO5S/c1-16-15-27(46(44,45)21-6-4-20(31)5-7-21)22-8-3-19(28(33,29(34,35)36)30(37,38)39)14-18(22)2-9-23(27)40(16)25(43)26(32)12-10-17(11-13-26)24(41)42/h3-8,14,16-17,23H,2,9-13,15H2,1H3,(H,41,42)/t16-,17?,23?,26?,27?/m0/s1. The summed E-state index contributed by atoms with van der Waals surface area (Å²) in [5.41, 5.74) is -10.8. The van der Waals surface area contributed by atoms with Crippen LogP contribution in [0, 0.1) is 11.7 Å². The van der Waals surface area contributed by atoms with Crippen LogP contribution >= 0.6 is 0 Å². The Balaban J connectivity index is 1.68. The molecule has 1 heterocycles. The molecule has 2 aliphatic carbocycles. The van der Waals surface area contributed by atoms with E-state index in [0.717, 1.165) is 29.2 Å². The lowest BCUT2D eigenvalue weighted by Gasteiger charge is -2.45. The fourth-order valence-electron chi connectivity index (χ4n) is 7.44. The number of carbonyl (C=O) groups is 2. The molecule has 1 saturated carbocycles. The van der Waals surface area contributed by atoms with Crippen LogP contribution in [-0.4, -0.2) is 60.4 Å². The quantitative estimate of drug-likeness (QED) is 0.280. The molecule has 0 bridgehead atoms. The van der Waals surface area contributed by atoms with E-state index in [9.17, 15) is 53.8 Å². The van der Waals surface area contributed by atoms with Crippen molar-refractivity contribution in [3.8, 4) is 0 Å². The number of carbonyl (C=O) groups excluding carboxylic acids is 1.